The van der Waals surface area contributed by atoms with Gasteiger partial charge in [-0.25, -0.2) is 12.8 Å². The number of halogens is 1. The Hall–Kier alpha value is -2.86. The molecule has 0 unspecified atom stereocenters. The Kier molecular flexibility index (Phi) is 4.01. The predicted octanol–water partition coefficient (Wildman–Crippen LogP) is 2.04. The van der Waals surface area contributed by atoms with Gasteiger partial charge in [-0.05, 0) is 18.2 Å². The minimum Gasteiger partial charge on any atom is -0.356 e. The van der Waals surface area contributed by atoms with E-state index < -0.39 is 31.8 Å². The number of aromatic nitrogens is 1. The topological polar surface area (TPSA) is 113 Å². The van der Waals surface area contributed by atoms with Crippen molar-refractivity contribution in [1.82, 2.24) is 5.16 Å². The lowest BCUT2D eigenvalue weighted by atomic mass is 10.2. The number of rotatable bonds is 4. The van der Waals surface area contributed by atoms with E-state index in [1.807, 2.05) is 0 Å². The second-order valence-corrected chi connectivity index (χ2v) is 9.96. The summed E-state index contributed by atoms with van der Waals surface area (Å²) in [6.07, 6.45) is 0. The number of fused-ring (bicyclic) bond motifs is 2. The van der Waals surface area contributed by atoms with Crippen LogP contribution in [0.15, 0.2) is 40.9 Å². The van der Waals surface area contributed by atoms with Crippen LogP contribution in [-0.2, 0) is 26.0 Å². The Morgan fingerprint density at radius 3 is 2.50 bits per heavy atom. The number of para-hydroxylation sites is 1. The van der Waals surface area contributed by atoms with Crippen molar-refractivity contribution in [1.29, 1.82) is 0 Å². The van der Waals surface area contributed by atoms with Gasteiger partial charge in [-0.3, -0.25) is 13.3 Å². The summed E-state index contributed by atoms with van der Waals surface area (Å²) in [4.78, 5) is 0. The number of anilines is 3. The van der Waals surface area contributed by atoms with Crippen molar-refractivity contribution in [3.05, 3.63) is 47.9 Å². The molecule has 0 aliphatic carbocycles. The van der Waals surface area contributed by atoms with Crippen LogP contribution in [0.3, 0.4) is 0 Å². The van der Waals surface area contributed by atoms with Crippen LogP contribution < -0.4 is 13.3 Å². The van der Waals surface area contributed by atoms with Gasteiger partial charge in [0.25, 0.3) is 0 Å². The molecular weight excluding hydrogens is 411 g/mol. The molecule has 1 aromatic heterocycles. The Morgan fingerprint density at radius 2 is 1.79 bits per heavy atom. The first-order valence-corrected chi connectivity index (χ1v) is 11.1. The maximum absolute atomic E-state index is 14.5. The first-order chi connectivity index (χ1) is 13.1. The third kappa shape index (κ3) is 2.85. The standard InChI is InChI=1S/C16H15FN4O5S2/c1-20-14-7-11(17)12(8-15(14)21(2)28(20,24)25)19-27(22,23)9-13-10-5-3-4-6-16(10)26-18-13/h3-8,19H,9H2,1-2H3. The van der Waals surface area contributed by atoms with Gasteiger partial charge in [0.05, 0.1) is 17.1 Å². The van der Waals surface area contributed by atoms with E-state index in [-0.39, 0.29) is 22.8 Å². The summed E-state index contributed by atoms with van der Waals surface area (Å²) in [5.74, 6) is -1.43. The lowest BCUT2D eigenvalue weighted by Gasteiger charge is -2.13. The molecule has 9 nitrogen and oxygen atoms in total. The van der Waals surface area contributed by atoms with Gasteiger partial charge in [0.15, 0.2) is 5.58 Å². The van der Waals surface area contributed by atoms with Crippen molar-refractivity contribution >= 4 is 48.3 Å². The van der Waals surface area contributed by atoms with Crippen molar-refractivity contribution in [2.45, 2.75) is 5.75 Å². The second-order valence-electron chi connectivity index (χ2n) is 6.25. The zero-order valence-corrected chi connectivity index (χ0v) is 16.4. The number of nitrogens with one attached hydrogen (secondary N) is 1. The Labute approximate surface area is 160 Å². The van der Waals surface area contributed by atoms with Crippen LogP contribution in [0.4, 0.5) is 21.5 Å². The lowest BCUT2D eigenvalue weighted by molar-refractivity contribution is 0.448. The summed E-state index contributed by atoms with van der Waals surface area (Å²) in [5, 5.41) is 4.30. The van der Waals surface area contributed by atoms with Gasteiger partial charge < -0.3 is 4.52 Å². The van der Waals surface area contributed by atoms with Gasteiger partial charge in [-0.1, -0.05) is 17.3 Å². The average Bonchev–Trinajstić information content (AvgIpc) is 3.10. The third-order valence-corrected chi connectivity index (χ3v) is 7.44. The number of benzene rings is 2. The van der Waals surface area contributed by atoms with Crippen LogP contribution in [0.2, 0.25) is 0 Å². The minimum absolute atomic E-state index is 0.116. The molecule has 12 heteroatoms. The molecule has 0 fully saturated rings. The molecule has 0 saturated carbocycles. The molecule has 0 amide bonds. The zero-order valence-electron chi connectivity index (χ0n) is 14.7. The van der Waals surface area contributed by atoms with Crippen molar-refractivity contribution in [3.63, 3.8) is 0 Å². The van der Waals surface area contributed by atoms with Gasteiger partial charge >= 0.3 is 10.2 Å². The molecule has 1 aliphatic rings. The van der Waals surface area contributed by atoms with Crippen LogP contribution in [0.5, 0.6) is 0 Å². The fraction of sp³-hybridized carbons (Fsp3) is 0.188. The maximum atomic E-state index is 14.5. The normalized spacial score (nSPS) is 15.8. The Bertz CT molecular complexity index is 1300. The van der Waals surface area contributed by atoms with Crippen molar-refractivity contribution in [2.24, 2.45) is 0 Å². The first-order valence-electron chi connectivity index (χ1n) is 8.00. The molecule has 2 aromatic carbocycles. The van der Waals surface area contributed by atoms with Crippen LogP contribution in [0.25, 0.3) is 11.0 Å². The van der Waals surface area contributed by atoms with Gasteiger partial charge in [0.2, 0.25) is 10.0 Å². The summed E-state index contributed by atoms with van der Waals surface area (Å²) in [5.41, 5.74) is 0.540. The number of nitrogens with zero attached hydrogens (tertiary/aromatic N) is 3. The van der Waals surface area contributed by atoms with E-state index in [4.69, 9.17) is 4.52 Å². The molecular formula is C16H15FN4O5S2. The van der Waals surface area contributed by atoms with Crippen molar-refractivity contribution in [2.75, 3.05) is 27.4 Å². The van der Waals surface area contributed by atoms with Crippen LogP contribution in [0.1, 0.15) is 5.69 Å². The highest BCUT2D eigenvalue weighted by atomic mass is 32.2. The molecule has 148 valence electrons. The Balaban J connectivity index is 1.67. The SMILES string of the molecule is CN1c2cc(F)c(NS(=O)(=O)Cc3noc4ccccc34)cc2N(C)S1(=O)=O. The highest BCUT2D eigenvalue weighted by molar-refractivity contribution is 7.94. The van der Waals surface area contributed by atoms with E-state index in [9.17, 15) is 21.2 Å². The largest absolute Gasteiger partial charge is 0.356 e. The van der Waals surface area contributed by atoms with Crippen LogP contribution in [-0.4, -0.2) is 36.1 Å². The average molecular weight is 426 g/mol. The van der Waals surface area contributed by atoms with Crippen LogP contribution >= 0.6 is 0 Å². The predicted molar refractivity (Wildman–Crippen MR) is 102 cm³/mol. The highest BCUT2D eigenvalue weighted by Crippen LogP contribution is 2.41. The van der Waals surface area contributed by atoms with Gasteiger partial charge in [-0.15, -0.1) is 0 Å². The monoisotopic (exact) mass is 426 g/mol. The fourth-order valence-corrected chi connectivity index (χ4v) is 5.28. The van der Waals surface area contributed by atoms with E-state index >= 15 is 0 Å². The van der Waals surface area contributed by atoms with E-state index in [0.717, 1.165) is 20.7 Å². The fourth-order valence-electron chi connectivity index (χ4n) is 2.99. The molecule has 0 bridgehead atoms. The molecule has 0 spiro atoms. The molecule has 1 N–H and O–H groups in total. The molecule has 0 saturated heterocycles. The van der Waals surface area contributed by atoms with E-state index in [1.54, 1.807) is 24.3 Å². The first kappa shape index (κ1) is 18.5. The molecule has 1 aliphatic heterocycles. The molecule has 28 heavy (non-hydrogen) atoms. The van der Waals surface area contributed by atoms with Crippen molar-refractivity contribution in [3.8, 4) is 0 Å². The lowest BCUT2D eigenvalue weighted by Crippen LogP contribution is -2.32. The molecule has 3 aromatic rings. The smallest absolute Gasteiger partial charge is 0.326 e. The molecule has 0 radical (unpaired) electrons. The van der Waals surface area contributed by atoms with Gasteiger partial charge in [0.1, 0.15) is 17.3 Å². The molecule has 0 atom stereocenters. The summed E-state index contributed by atoms with van der Waals surface area (Å²) < 4.78 is 73.0. The molecule has 4 rings (SSSR count). The third-order valence-electron chi connectivity index (χ3n) is 4.48. The summed E-state index contributed by atoms with van der Waals surface area (Å²) in [6, 6.07) is 8.88. The van der Waals surface area contributed by atoms with Crippen molar-refractivity contribution < 1.29 is 25.7 Å². The number of sulfonamides is 1. The molecule has 2 heterocycles. The number of hydrogen-bond donors (Lipinski definition) is 1. The second kappa shape index (κ2) is 6.07. The summed E-state index contributed by atoms with van der Waals surface area (Å²) in [7, 11) is -5.26. The van der Waals surface area contributed by atoms with Gasteiger partial charge in [0, 0.05) is 25.5 Å². The maximum Gasteiger partial charge on any atom is 0.326 e. The summed E-state index contributed by atoms with van der Waals surface area (Å²) in [6.45, 7) is 0. The quantitative estimate of drug-likeness (QED) is 0.683. The Morgan fingerprint density at radius 1 is 1.14 bits per heavy atom. The minimum atomic E-state index is -4.04. The van der Waals surface area contributed by atoms with E-state index in [2.05, 4.69) is 9.88 Å². The number of hydrogen-bond acceptors (Lipinski definition) is 6. The van der Waals surface area contributed by atoms with Gasteiger partial charge in [-0.2, -0.15) is 8.42 Å². The summed E-state index contributed by atoms with van der Waals surface area (Å²) >= 11 is 0. The van der Waals surface area contributed by atoms with E-state index in [1.165, 1.54) is 14.1 Å². The highest BCUT2D eigenvalue weighted by Gasteiger charge is 2.36. The zero-order chi connectivity index (χ0) is 20.3. The van der Waals surface area contributed by atoms with Crippen LogP contribution in [0, 0.1) is 5.82 Å². The van der Waals surface area contributed by atoms with E-state index in [0.29, 0.717) is 11.0 Å².